The van der Waals surface area contributed by atoms with Crippen molar-refractivity contribution in [1.82, 2.24) is 9.97 Å². The number of ether oxygens (including phenoxy) is 1. The second kappa shape index (κ2) is 5.14. The van der Waals surface area contributed by atoms with Crippen LogP contribution in [-0.2, 0) is 11.2 Å². The number of aromatic amines is 1. The van der Waals surface area contributed by atoms with Gasteiger partial charge in [-0.25, -0.2) is 4.98 Å². The number of methoxy groups -OCH3 is 1. The number of carboxylic acid groups (broad SMARTS) is 1. The van der Waals surface area contributed by atoms with Gasteiger partial charge in [0.25, 0.3) is 0 Å². The maximum atomic E-state index is 10.9. The number of hydrogen-bond donors (Lipinski definition) is 2. The van der Waals surface area contributed by atoms with Gasteiger partial charge in [0.1, 0.15) is 11.6 Å². The minimum absolute atomic E-state index is 0.0682. The van der Waals surface area contributed by atoms with Crippen LogP contribution in [0.5, 0.6) is 5.75 Å². The van der Waals surface area contributed by atoms with Crippen LogP contribution in [0.3, 0.4) is 0 Å². The van der Waals surface area contributed by atoms with Crippen molar-refractivity contribution in [3.63, 3.8) is 0 Å². The smallest absolute Gasteiger partial charge is 0.309 e. The van der Waals surface area contributed by atoms with Crippen molar-refractivity contribution in [3.05, 3.63) is 35.3 Å². The summed E-state index contributed by atoms with van der Waals surface area (Å²) in [4.78, 5) is 18.2. The van der Waals surface area contributed by atoms with E-state index in [1.54, 1.807) is 7.11 Å². The van der Waals surface area contributed by atoms with E-state index in [4.69, 9.17) is 9.84 Å². The molecule has 2 N–H and O–H groups in total. The molecule has 5 heteroatoms. The molecule has 0 saturated heterocycles. The number of benzene rings is 1. The molecule has 100 valence electrons. The Labute approximate surface area is 111 Å². The molecule has 0 atom stereocenters. The molecule has 19 heavy (non-hydrogen) atoms. The first-order valence-electron chi connectivity index (χ1n) is 5.93. The highest BCUT2D eigenvalue weighted by molar-refractivity contribution is 5.74. The van der Waals surface area contributed by atoms with Gasteiger partial charge >= 0.3 is 5.97 Å². The van der Waals surface area contributed by atoms with Crippen LogP contribution in [0.2, 0.25) is 0 Å². The van der Waals surface area contributed by atoms with Crippen molar-refractivity contribution in [2.24, 2.45) is 0 Å². The lowest BCUT2D eigenvalue weighted by Crippen LogP contribution is -2.02. The summed E-state index contributed by atoms with van der Waals surface area (Å²) in [6.45, 7) is 3.75. The fraction of sp³-hybridized carbons (Fsp3) is 0.286. The number of nitrogens with zero attached hydrogens (tertiary/aromatic N) is 1. The molecule has 0 aliphatic heterocycles. The average Bonchev–Trinajstić information content (AvgIpc) is 2.69. The highest BCUT2D eigenvalue weighted by Crippen LogP contribution is 2.27. The number of nitrogens with one attached hydrogen (secondary N) is 1. The van der Waals surface area contributed by atoms with E-state index in [9.17, 15) is 4.79 Å². The first-order chi connectivity index (χ1) is 9.01. The number of hydrogen-bond acceptors (Lipinski definition) is 3. The van der Waals surface area contributed by atoms with E-state index in [1.165, 1.54) is 0 Å². The van der Waals surface area contributed by atoms with Crippen molar-refractivity contribution < 1.29 is 14.6 Å². The predicted octanol–water partition coefficient (Wildman–Crippen LogP) is 2.33. The molecule has 0 aliphatic rings. The molecule has 1 aromatic carbocycles. The number of carbonyl (C=O) groups is 1. The molecule has 0 unspecified atom stereocenters. The predicted molar refractivity (Wildman–Crippen MR) is 71.4 cm³/mol. The van der Waals surface area contributed by atoms with Gasteiger partial charge in [-0.2, -0.15) is 0 Å². The SMILES string of the molecule is COc1ccc(-c2nc(C)[nH]c2CC(=O)O)cc1C. The van der Waals surface area contributed by atoms with Crippen LogP contribution in [0, 0.1) is 13.8 Å². The zero-order valence-corrected chi connectivity index (χ0v) is 11.2. The molecular formula is C14H16N2O3. The topological polar surface area (TPSA) is 75.2 Å². The van der Waals surface area contributed by atoms with Crippen LogP contribution in [-0.4, -0.2) is 28.2 Å². The van der Waals surface area contributed by atoms with E-state index in [0.29, 0.717) is 17.2 Å². The number of rotatable bonds is 4. The van der Waals surface area contributed by atoms with E-state index in [2.05, 4.69) is 9.97 Å². The molecule has 0 spiro atoms. The first-order valence-corrected chi connectivity index (χ1v) is 5.93. The monoisotopic (exact) mass is 260 g/mol. The summed E-state index contributed by atoms with van der Waals surface area (Å²) in [5, 5.41) is 8.92. The van der Waals surface area contributed by atoms with Gasteiger partial charge in [0, 0.05) is 5.56 Å². The highest BCUT2D eigenvalue weighted by atomic mass is 16.5. The third-order valence-electron chi connectivity index (χ3n) is 2.89. The van der Waals surface area contributed by atoms with Gasteiger partial charge in [-0.15, -0.1) is 0 Å². The normalized spacial score (nSPS) is 10.5. The molecule has 2 rings (SSSR count). The molecule has 0 aliphatic carbocycles. The lowest BCUT2D eigenvalue weighted by atomic mass is 10.1. The van der Waals surface area contributed by atoms with Crippen LogP contribution < -0.4 is 4.74 Å². The van der Waals surface area contributed by atoms with Crippen LogP contribution >= 0.6 is 0 Å². The Bertz CT molecular complexity index is 617. The maximum Gasteiger partial charge on any atom is 0.309 e. The summed E-state index contributed by atoms with van der Waals surface area (Å²) in [5.41, 5.74) is 3.18. The average molecular weight is 260 g/mol. The van der Waals surface area contributed by atoms with Crippen molar-refractivity contribution >= 4 is 5.97 Å². The second-order valence-corrected chi connectivity index (χ2v) is 4.40. The number of aryl methyl sites for hydroxylation is 2. The lowest BCUT2D eigenvalue weighted by Gasteiger charge is -2.07. The van der Waals surface area contributed by atoms with Gasteiger partial charge in [0.15, 0.2) is 0 Å². The third-order valence-corrected chi connectivity index (χ3v) is 2.89. The Morgan fingerprint density at radius 3 is 2.74 bits per heavy atom. The van der Waals surface area contributed by atoms with Gasteiger partial charge in [-0.05, 0) is 37.6 Å². The molecule has 2 aromatic rings. The summed E-state index contributed by atoms with van der Waals surface area (Å²) in [7, 11) is 1.62. The largest absolute Gasteiger partial charge is 0.496 e. The standard InChI is InChI=1S/C14H16N2O3/c1-8-6-10(4-5-12(8)19-3)14-11(7-13(17)18)15-9(2)16-14/h4-6H,7H2,1-3H3,(H,15,16)(H,17,18). The molecule has 0 radical (unpaired) electrons. The Morgan fingerprint density at radius 2 is 2.16 bits per heavy atom. The Hall–Kier alpha value is -2.30. The van der Waals surface area contributed by atoms with Crippen LogP contribution in [0.4, 0.5) is 0 Å². The molecule has 5 nitrogen and oxygen atoms in total. The quantitative estimate of drug-likeness (QED) is 0.884. The van der Waals surface area contributed by atoms with Crippen LogP contribution in [0.25, 0.3) is 11.3 Å². The van der Waals surface area contributed by atoms with E-state index in [-0.39, 0.29) is 6.42 Å². The van der Waals surface area contributed by atoms with Gasteiger partial charge in [0.05, 0.1) is 24.9 Å². The van der Waals surface area contributed by atoms with Gasteiger partial charge < -0.3 is 14.8 Å². The zero-order valence-electron chi connectivity index (χ0n) is 11.2. The fourth-order valence-electron chi connectivity index (χ4n) is 2.08. The molecular weight excluding hydrogens is 244 g/mol. The number of aliphatic carboxylic acids is 1. The Morgan fingerprint density at radius 1 is 1.42 bits per heavy atom. The molecule has 0 bridgehead atoms. The summed E-state index contributed by atoms with van der Waals surface area (Å²) >= 11 is 0. The Balaban J connectivity index is 2.46. The summed E-state index contributed by atoms with van der Waals surface area (Å²) in [5.74, 6) is 0.630. The van der Waals surface area contributed by atoms with Crippen LogP contribution in [0.1, 0.15) is 17.1 Å². The van der Waals surface area contributed by atoms with Gasteiger partial charge in [-0.3, -0.25) is 4.79 Å². The molecule has 0 amide bonds. The minimum Gasteiger partial charge on any atom is -0.496 e. The van der Waals surface area contributed by atoms with Crippen molar-refractivity contribution in [1.29, 1.82) is 0 Å². The summed E-state index contributed by atoms with van der Waals surface area (Å²) < 4.78 is 5.21. The fourth-order valence-corrected chi connectivity index (χ4v) is 2.08. The van der Waals surface area contributed by atoms with E-state index < -0.39 is 5.97 Å². The highest BCUT2D eigenvalue weighted by Gasteiger charge is 2.14. The van der Waals surface area contributed by atoms with E-state index in [1.807, 2.05) is 32.0 Å². The number of imidazole rings is 1. The van der Waals surface area contributed by atoms with Gasteiger partial charge in [-0.1, -0.05) is 0 Å². The minimum atomic E-state index is -0.880. The summed E-state index contributed by atoms with van der Waals surface area (Å²) in [6, 6.07) is 5.69. The van der Waals surface area contributed by atoms with Crippen molar-refractivity contribution in [3.8, 4) is 17.0 Å². The van der Waals surface area contributed by atoms with Crippen molar-refractivity contribution in [2.45, 2.75) is 20.3 Å². The summed E-state index contributed by atoms with van der Waals surface area (Å²) in [6.07, 6.45) is -0.0682. The Kier molecular flexibility index (Phi) is 3.55. The molecule has 1 aromatic heterocycles. The van der Waals surface area contributed by atoms with Crippen LogP contribution in [0.15, 0.2) is 18.2 Å². The van der Waals surface area contributed by atoms with E-state index >= 15 is 0 Å². The second-order valence-electron chi connectivity index (χ2n) is 4.40. The molecule has 0 saturated carbocycles. The molecule has 0 fully saturated rings. The third kappa shape index (κ3) is 2.76. The van der Waals surface area contributed by atoms with E-state index in [0.717, 1.165) is 16.9 Å². The lowest BCUT2D eigenvalue weighted by molar-refractivity contribution is -0.136. The first kappa shape index (κ1) is 13.1. The van der Waals surface area contributed by atoms with Gasteiger partial charge in [0.2, 0.25) is 0 Å². The van der Waals surface area contributed by atoms with Crippen molar-refractivity contribution in [2.75, 3.05) is 7.11 Å². The number of H-pyrrole nitrogens is 1. The number of aromatic nitrogens is 2. The zero-order chi connectivity index (χ0) is 14.0. The molecule has 1 heterocycles. The maximum absolute atomic E-state index is 10.9. The number of carboxylic acids is 1.